The highest BCUT2D eigenvalue weighted by Crippen LogP contribution is 2.15. The molecule has 0 fully saturated rings. The SMILES string of the molecule is CC(C)CCCCCCCCCCCCCCCCCCC(C)C. The van der Waals surface area contributed by atoms with E-state index in [2.05, 4.69) is 27.7 Å². The standard InChI is InChI=1S/C24H50/c1-23(2)21-19-17-15-13-11-9-7-5-6-8-10-12-14-16-18-20-22-24(3)4/h23-24H,5-22H2,1-4H3. The molecule has 0 amide bonds. The van der Waals surface area contributed by atoms with Crippen LogP contribution in [0.15, 0.2) is 0 Å². The number of hydrogen-bond acceptors (Lipinski definition) is 0. The zero-order valence-corrected chi connectivity index (χ0v) is 17.9. The maximum atomic E-state index is 2.34. The van der Waals surface area contributed by atoms with E-state index < -0.39 is 0 Å². The fourth-order valence-corrected chi connectivity index (χ4v) is 3.58. The largest absolute Gasteiger partial charge is 0.0628 e. The topological polar surface area (TPSA) is 0 Å². The second kappa shape index (κ2) is 19.3. The van der Waals surface area contributed by atoms with Crippen LogP contribution in [0.2, 0.25) is 0 Å². The molecule has 0 rings (SSSR count). The summed E-state index contributed by atoms with van der Waals surface area (Å²) in [4.78, 5) is 0. The van der Waals surface area contributed by atoms with Crippen molar-refractivity contribution < 1.29 is 0 Å². The summed E-state index contributed by atoms with van der Waals surface area (Å²) < 4.78 is 0. The van der Waals surface area contributed by atoms with E-state index in [0.717, 1.165) is 11.8 Å². The van der Waals surface area contributed by atoms with Crippen molar-refractivity contribution in [3.05, 3.63) is 0 Å². The fourth-order valence-electron chi connectivity index (χ4n) is 3.58. The van der Waals surface area contributed by atoms with Gasteiger partial charge in [-0.2, -0.15) is 0 Å². The molecule has 24 heavy (non-hydrogen) atoms. The van der Waals surface area contributed by atoms with Crippen molar-refractivity contribution in [1.82, 2.24) is 0 Å². The third-order valence-corrected chi connectivity index (χ3v) is 5.31. The normalized spacial score (nSPS) is 11.8. The summed E-state index contributed by atoms with van der Waals surface area (Å²) >= 11 is 0. The summed E-state index contributed by atoms with van der Waals surface area (Å²) in [5, 5.41) is 0. The molecule has 0 atom stereocenters. The third-order valence-electron chi connectivity index (χ3n) is 5.31. The molecule has 0 heterocycles. The van der Waals surface area contributed by atoms with E-state index in [-0.39, 0.29) is 0 Å². The van der Waals surface area contributed by atoms with Crippen molar-refractivity contribution in [2.24, 2.45) is 11.8 Å². The van der Waals surface area contributed by atoms with Gasteiger partial charge in [0.05, 0.1) is 0 Å². The van der Waals surface area contributed by atoms with Crippen LogP contribution in [0, 0.1) is 11.8 Å². The van der Waals surface area contributed by atoms with Gasteiger partial charge in [-0.3, -0.25) is 0 Å². The van der Waals surface area contributed by atoms with E-state index in [0.29, 0.717) is 0 Å². The molecule has 0 radical (unpaired) electrons. The third kappa shape index (κ3) is 22.0. The molecule has 146 valence electrons. The number of unbranched alkanes of at least 4 members (excludes halogenated alkanes) is 15. The second-order valence-corrected chi connectivity index (χ2v) is 9.02. The lowest BCUT2D eigenvalue weighted by atomic mass is 10.0. The van der Waals surface area contributed by atoms with Crippen LogP contribution >= 0.6 is 0 Å². The molecule has 0 aromatic heterocycles. The highest BCUT2D eigenvalue weighted by molar-refractivity contribution is 4.52. The first-order chi connectivity index (χ1) is 11.6. The predicted octanol–water partition coefficient (Wildman–Crippen LogP) is 9.32. The predicted molar refractivity (Wildman–Crippen MR) is 113 cm³/mol. The summed E-state index contributed by atoms with van der Waals surface area (Å²) in [5.74, 6) is 1.80. The van der Waals surface area contributed by atoms with Crippen LogP contribution in [0.4, 0.5) is 0 Å². The van der Waals surface area contributed by atoms with E-state index in [1.165, 1.54) is 116 Å². The number of hydrogen-bond donors (Lipinski definition) is 0. The summed E-state index contributed by atoms with van der Waals surface area (Å²) in [7, 11) is 0. The van der Waals surface area contributed by atoms with Gasteiger partial charge in [-0.25, -0.2) is 0 Å². The first-order valence-corrected chi connectivity index (χ1v) is 11.6. The molecular weight excluding hydrogens is 288 g/mol. The van der Waals surface area contributed by atoms with Gasteiger partial charge in [-0.05, 0) is 11.8 Å². The average Bonchev–Trinajstić information content (AvgIpc) is 2.53. The molecule has 0 aliphatic heterocycles. The molecule has 0 saturated carbocycles. The van der Waals surface area contributed by atoms with Gasteiger partial charge in [0.1, 0.15) is 0 Å². The van der Waals surface area contributed by atoms with Crippen molar-refractivity contribution >= 4 is 0 Å². The maximum Gasteiger partial charge on any atom is -0.0471 e. The summed E-state index contributed by atoms with van der Waals surface area (Å²) in [6, 6.07) is 0. The molecule has 0 unspecified atom stereocenters. The zero-order chi connectivity index (χ0) is 17.9. The maximum absolute atomic E-state index is 2.34. The molecule has 0 aliphatic carbocycles. The van der Waals surface area contributed by atoms with Crippen molar-refractivity contribution in [1.29, 1.82) is 0 Å². The lowest BCUT2D eigenvalue weighted by Gasteiger charge is -2.05. The molecule has 0 nitrogen and oxygen atoms in total. The van der Waals surface area contributed by atoms with Gasteiger partial charge < -0.3 is 0 Å². The quantitative estimate of drug-likeness (QED) is 0.206. The van der Waals surface area contributed by atoms with Gasteiger partial charge in [-0.1, -0.05) is 143 Å². The Kier molecular flexibility index (Phi) is 19.3. The molecule has 0 aromatic carbocycles. The van der Waals surface area contributed by atoms with Crippen LogP contribution < -0.4 is 0 Å². The van der Waals surface area contributed by atoms with E-state index in [1.807, 2.05) is 0 Å². The van der Waals surface area contributed by atoms with E-state index in [4.69, 9.17) is 0 Å². The van der Waals surface area contributed by atoms with E-state index in [1.54, 1.807) is 0 Å². The second-order valence-electron chi connectivity index (χ2n) is 9.02. The lowest BCUT2D eigenvalue weighted by molar-refractivity contribution is 0.496. The van der Waals surface area contributed by atoms with Gasteiger partial charge in [0.25, 0.3) is 0 Å². The molecular formula is C24H50. The van der Waals surface area contributed by atoms with Gasteiger partial charge in [-0.15, -0.1) is 0 Å². The Bertz CT molecular complexity index is 192. The Hall–Kier alpha value is 0. The van der Waals surface area contributed by atoms with Gasteiger partial charge in [0.2, 0.25) is 0 Å². The van der Waals surface area contributed by atoms with Gasteiger partial charge in [0, 0.05) is 0 Å². The van der Waals surface area contributed by atoms with Crippen LogP contribution in [0.5, 0.6) is 0 Å². The Labute approximate surface area is 155 Å². The van der Waals surface area contributed by atoms with Gasteiger partial charge in [0.15, 0.2) is 0 Å². The van der Waals surface area contributed by atoms with E-state index >= 15 is 0 Å². The Morgan fingerprint density at radius 2 is 0.458 bits per heavy atom. The average molecular weight is 339 g/mol. The summed E-state index contributed by atoms with van der Waals surface area (Å²) in [6.07, 6.45) is 26.5. The molecule has 0 saturated heterocycles. The van der Waals surface area contributed by atoms with Crippen LogP contribution in [0.1, 0.15) is 143 Å². The number of rotatable bonds is 19. The minimum absolute atomic E-state index is 0.898. The molecule has 0 N–H and O–H groups in total. The summed E-state index contributed by atoms with van der Waals surface area (Å²) in [5.41, 5.74) is 0. The molecule has 0 bridgehead atoms. The Morgan fingerprint density at radius 3 is 0.625 bits per heavy atom. The zero-order valence-electron chi connectivity index (χ0n) is 17.9. The van der Waals surface area contributed by atoms with Crippen LogP contribution in [0.3, 0.4) is 0 Å². The van der Waals surface area contributed by atoms with Crippen molar-refractivity contribution in [2.75, 3.05) is 0 Å². The van der Waals surface area contributed by atoms with E-state index in [9.17, 15) is 0 Å². The Morgan fingerprint density at radius 1 is 0.292 bits per heavy atom. The molecule has 0 aliphatic rings. The first-order valence-electron chi connectivity index (χ1n) is 11.6. The molecule has 0 heteroatoms. The fraction of sp³-hybridized carbons (Fsp3) is 1.00. The molecule has 0 spiro atoms. The lowest BCUT2D eigenvalue weighted by Crippen LogP contribution is -1.88. The highest BCUT2D eigenvalue weighted by Gasteiger charge is 1.97. The Balaban J connectivity index is 2.98. The summed E-state index contributed by atoms with van der Waals surface area (Å²) in [6.45, 7) is 9.37. The van der Waals surface area contributed by atoms with Crippen LogP contribution in [-0.2, 0) is 0 Å². The van der Waals surface area contributed by atoms with Crippen LogP contribution in [0.25, 0.3) is 0 Å². The minimum atomic E-state index is 0.898. The van der Waals surface area contributed by atoms with Gasteiger partial charge >= 0.3 is 0 Å². The van der Waals surface area contributed by atoms with Crippen molar-refractivity contribution in [3.63, 3.8) is 0 Å². The van der Waals surface area contributed by atoms with Crippen molar-refractivity contribution in [3.8, 4) is 0 Å². The van der Waals surface area contributed by atoms with Crippen molar-refractivity contribution in [2.45, 2.75) is 143 Å². The smallest absolute Gasteiger partial charge is 0.0471 e. The monoisotopic (exact) mass is 338 g/mol. The van der Waals surface area contributed by atoms with Crippen LogP contribution in [-0.4, -0.2) is 0 Å². The molecule has 0 aromatic rings. The minimum Gasteiger partial charge on any atom is -0.0628 e. The highest BCUT2D eigenvalue weighted by atomic mass is 14.0. The first kappa shape index (κ1) is 24.0.